The minimum absolute atomic E-state index is 0.516. The van der Waals surface area contributed by atoms with Crippen LogP contribution in [0, 0.1) is 0 Å². The van der Waals surface area contributed by atoms with E-state index in [-0.39, 0.29) is 0 Å². The summed E-state index contributed by atoms with van der Waals surface area (Å²) in [4.78, 5) is 4.98. The third-order valence-corrected chi connectivity index (χ3v) is 17.2. The van der Waals surface area contributed by atoms with Crippen molar-refractivity contribution >= 4 is 62.9 Å². The van der Waals surface area contributed by atoms with Crippen LogP contribution in [0.25, 0.3) is 0 Å². The summed E-state index contributed by atoms with van der Waals surface area (Å²) in [6.45, 7) is 0. The predicted octanol–water partition coefficient (Wildman–Crippen LogP) is 11.0. The van der Waals surface area contributed by atoms with E-state index in [4.69, 9.17) is 0 Å². The van der Waals surface area contributed by atoms with Gasteiger partial charge in [0.1, 0.15) is 0 Å². The van der Waals surface area contributed by atoms with Crippen LogP contribution in [0.15, 0.2) is 243 Å². The molecular formula is C55H40N2Si. The van der Waals surface area contributed by atoms with Gasteiger partial charge in [0.05, 0.1) is 16.8 Å². The molecule has 11 rings (SSSR count). The summed E-state index contributed by atoms with van der Waals surface area (Å²) in [6, 6.07) is 89.9. The molecule has 0 saturated heterocycles. The molecule has 2 heterocycles. The smallest absolute Gasteiger partial charge is 0.184 e. The number of hydrogen-bond acceptors (Lipinski definition) is 2. The Morgan fingerprint density at radius 1 is 0.293 bits per heavy atom. The molecule has 0 aliphatic carbocycles. The third kappa shape index (κ3) is 4.90. The molecule has 0 N–H and O–H groups in total. The summed E-state index contributed by atoms with van der Waals surface area (Å²) in [5, 5.41) is 5.55. The van der Waals surface area contributed by atoms with Gasteiger partial charge in [0.2, 0.25) is 0 Å². The van der Waals surface area contributed by atoms with Gasteiger partial charge in [0, 0.05) is 22.7 Å². The largest absolute Gasteiger partial charge is 0.311 e. The van der Waals surface area contributed by atoms with Crippen molar-refractivity contribution in [3.8, 4) is 0 Å². The molecule has 9 aromatic carbocycles. The van der Waals surface area contributed by atoms with Gasteiger partial charge in [-0.3, -0.25) is 0 Å². The van der Waals surface area contributed by atoms with Gasteiger partial charge in [0.25, 0.3) is 0 Å². The average molecular weight is 757 g/mol. The van der Waals surface area contributed by atoms with Crippen molar-refractivity contribution in [1.29, 1.82) is 0 Å². The maximum absolute atomic E-state index is 2.72. The van der Waals surface area contributed by atoms with Crippen LogP contribution in [-0.2, 0) is 5.41 Å². The number of rotatable bonds is 6. The zero-order valence-corrected chi connectivity index (χ0v) is 33.0. The highest BCUT2D eigenvalue weighted by Crippen LogP contribution is 2.57. The quantitative estimate of drug-likeness (QED) is 0.156. The van der Waals surface area contributed by atoms with E-state index in [2.05, 4.69) is 252 Å². The second-order valence-electron chi connectivity index (χ2n) is 15.2. The van der Waals surface area contributed by atoms with Crippen molar-refractivity contribution in [2.45, 2.75) is 5.41 Å². The molecule has 0 saturated carbocycles. The predicted molar refractivity (Wildman–Crippen MR) is 245 cm³/mol. The van der Waals surface area contributed by atoms with Crippen LogP contribution in [-0.4, -0.2) is 8.07 Å². The standard InChI is InChI=1S/C55H40N2Si/c1-5-22-41(23-6-1)55(42-24-7-2-8-25-42)47-32-13-15-34-49(47)56(50-35-16-14-33-48(50)55)43-26-21-27-44(40-43)57-51-36-17-19-38-53(51)58(45-28-9-3-10-29-45,46-30-11-4-12-31-46)54-39-20-18-37-52(54)57/h1-40H. The molecule has 0 bridgehead atoms. The molecule has 274 valence electrons. The van der Waals surface area contributed by atoms with Gasteiger partial charge in [0.15, 0.2) is 8.07 Å². The zero-order chi connectivity index (χ0) is 38.5. The minimum Gasteiger partial charge on any atom is -0.311 e. The summed E-state index contributed by atoms with van der Waals surface area (Å²) in [6.07, 6.45) is 0. The Hall–Kier alpha value is -7.20. The maximum Gasteiger partial charge on any atom is 0.184 e. The van der Waals surface area contributed by atoms with Crippen LogP contribution in [0.3, 0.4) is 0 Å². The topological polar surface area (TPSA) is 6.48 Å². The molecule has 2 aliphatic heterocycles. The summed E-state index contributed by atoms with van der Waals surface area (Å²) < 4.78 is 0. The van der Waals surface area contributed by atoms with Gasteiger partial charge in [-0.1, -0.05) is 200 Å². The van der Waals surface area contributed by atoms with Crippen molar-refractivity contribution in [2.24, 2.45) is 0 Å². The van der Waals surface area contributed by atoms with E-state index in [1.165, 1.54) is 65.8 Å². The fraction of sp³-hybridized carbons (Fsp3) is 0.0182. The van der Waals surface area contributed by atoms with E-state index in [9.17, 15) is 0 Å². The third-order valence-electron chi connectivity index (χ3n) is 12.4. The Bertz CT molecular complexity index is 2530. The Kier molecular flexibility index (Phi) is 8.09. The fourth-order valence-electron chi connectivity index (χ4n) is 10.2. The molecule has 58 heavy (non-hydrogen) atoms. The molecule has 0 amide bonds. The highest BCUT2D eigenvalue weighted by Gasteiger charge is 2.49. The number of nitrogens with zero attached hydrogens (tertiary/aromatic N) is 2. The van der Waals surface area contributed by atoms with Crippen LogP contribution in [0.5, 0.6) is 0 Å². The van der Waals surface area contributed by atoms with Gasteiger partial charge in [-0.05, 0) is 85.5 Å². The normalized spacial score (nSPS) is 14.4. The lowest BCUT2D eigenvalue weighted by atomic mass is 9.62. The van der Waals surface area contributed by atoms with Crippen LogP contribution in [0.2, 0.25) is 0 Å². The molecule has 3 heteroatoms. The van der Waals surface area contributed by atoms with Gasteiger partial charge in [-0.15, -0.1) is 0 Å². The summed E-state index contributed by atoms with van der Waals surface area (Å²) >= 11 is 0. The first kappa shape index (κ1) is 34.1. The van der Waals surface area contributed by atoms with Crippen molar-refractivity contribution in [3.05, 3.63) is 265 Å². The molecule has 2 nitrogen and oxygen atoms in total. The average Bonchev–Trinajstić information content (AvgIpc) is 3.31. The molecule has 0 aromatic heterocycles. The van der Waals surface area contributed by atoms with E-state index in [0.717, 1.165) is 11.4 Å². The number of fused-ring (bicyclic) bond motifs is 4. The SMILES string of the molecule is c1ccc(C2(c3ccccc3)c3ccccc3N(c3cccc(N4c5ccccc5[Si](c5ccccc5)(c5ccccc5)c5ccccc54)c3)c3ccccc32)cc1. The molecule has 0 unspecified atom stereocenters. The van der Waals surface area contributed by atoms with Crippen molar-refractivity contribution in [1.82, 2.24) is 0 Å². The Labute approximate surface area is 341 Å². The fourth-order valence-corrected chi connectivity index (χ4v) is 15.3. The van der Waals surface area contributed by atoms with Gasteiger partial charge in [-0.25, -0.2) is 0 Å². The number of para-hydroxylation sites is 4. The second-order valence-corrected chi connectivity index (χ2v) is 19.0. The highest BCUT2D eigenvalue weighted by molar-refractivity contribution is 7.21. The second kappa shape index (κ2) is 13.8. The number of benzene rings is 9. The monoisotopic (exact) mass is 756 g/mol. The van der Waals surface area contributed by atoms with Crippen LogP contribution in [0.1, 0.15) is 22.3 Å². The summed E-state index contributed by atoms with van der Waals surface area (Å²) in [5.74, 6) is 0. The van der Waals surface area contributed by atoms with Crippen LogP contribution < -0.4 is 30.5 Å². The first-order valence-electron chi connectivity index (χ1n) is 20.1. The lowest BCUT2D eigenvalue weighted by molar-refractivity contribution is 0.731. The lowest BCUT2D eigenvalue weighted by Gasteiger charge is -2.47. The molecule has 0 spiro atoms. The summed E-state index contributed by atoms with van der Waals surface area (Å²) in [5.41, 5.74) is 11.5. The molecular weight excluding hydrogens is 717 g/mol. The number of anilines is 6. The van der Waals surface area contributed by atoms with E-state index >= 15 is 0 Å². The lowest BCUT2D eigenvalue weighted by Crippen LogP contribution is -2.77. The molecule has 2 aliphatic rings. The van der Waals surface area contributed by atoms with Crippen molar-refractivity contribution < 1.29 is 0 Å². The molecule has 0 fully saturated rings. The molecule has 0 atom stereocenters. The van der Waals surface area contributed by atoms with Crippen LogP contribution in [0.4, 0.5) is 34.1 Å². The van der Waals surface area contributed by atoms with Crippen molar-refractivity contribution in [2.75, 3.05) is 9.80 Å². The maximum atomic E-state index is 2.51. The Balaban J connectivity index is 1.14. The first-order chi connectivity index (χ1) is 28.8. The summed E-state index contributed by atoms with van der Waals surface area (Å²) in [7, 11) is -2.72. The van der Waals surface area contributed by atoms with Crippen LogP contribution >= 0.6 is 0 Å². The first-order valence-corrected chi connectivity index (χ1v) is 22.1. The minimum atomic E-state index is -2.72. The Morgan fingerprint density at radius 3 is 1.09 bits per heavy atom. The van der Waals surface area contributed by atoms with Gasteiger partial charge in [-0.2, -0.15) is 0 Å². The van der Waals surface area contributed by atoms with E-state index in [1.54, 1.807) is 0 Å². The zero-order valence-electron chi connectivity index (χ0n) is 32.0. The van der Waals surface area contributed by atoms with Crippen molar-refractivity contribution in [3.63, 3.8) is 0 Å². The Morgan fingerprint density at radius 2 is 0.638 bits per heavy atom. The molecule has 0 radical (unpaired) electrons. The van der Waals surface area contributed by atoms with Gasteiger partial charge >= 0.3 is 0 Å². The highest BCUT2D eigenvalue weighted by atomic mass is 28.3. The van der Waals surface area contributed by atoms with E-state index in [1.807, 2.05) is 0 Å². The molecule has 9 aromatic rings. The number of hydrogen-bond donors (Lipinski definition) is 0. The van der Waals surface area contributed by atoms with E-state index < -0.39 is 13.5 Å². The van der Waals surface area contributed by atoms with Gasteiger partial charge < -0.3 is 9.80 Å². The van der Waals surface area contributed by atoms with E-state index in [0.29, 0.717) is 0 Å².